The van der Waals surface area contributed by atoms with Crippen molar-refractivity contribution in [3.05, 3.63) is 23.8 Å². The molecule has 1 aliphatic carbocycles. The summed E-state index contributed by atoms with van der Waals surface area (Å²) >= 11 is 1.81. The third kappa shape index (κ3) is 3.90. The summed E-state index contributed by atoms with van der Waals surface area (Å²) in [5.74, 6) is 1.63. The van der Waals surface area contributed by atoms with Gasteiger partial charge in [-0.25, -0.2) is 4.79 Å². The third-order valence-electron chi connectivity index (χ3n) is 3.48. The lowest BCUT2D eigenvalue weighted by atomic mass is 10.1. The van der Waals surface area contributed by atoms with Gasteiger partial charge < -0.3 is 10.5 Å². The lowest BCUT2D eigenvalue weighted by Crippen LogP contribution is -2.08. The summed E-state index contributed by atoms with van der Waals surface area (Å²) in [6.07, 6.45) is 5.40. The first-order valence-corrected chi connectivity index (χ1v) is 7.88. The predicted octanol–water partition coefficient (Wildman–Crippen LogP) is 3.73. The molecule has 0 bridgehead atoms. The molecule has 3 nitrogen and oxygen atoms in total. The Labute approximate surface area is 118 Å². The van der Waals surface area contributed by atoms with Crippen molar-refractivity contribution in [2.24, 2.45) is 5.92 Å². The Bertz CT molecular complexity index is 442. The van der Waals surface area contributed by atoms with E-state index in [1.807, 2.05) is 23.9 Å². The van der Waals surface area contributed by atoms with Crippen LogP contribution in [0.3, 0.4) is 0 Å². The van der Waals surface area contributed by atoms with E-state index >= 15 is 0 Å². The van der Waals surface area contributed by atoms with Crippen LogP contribution in [0.25, 0.3) is 0 Å². The maximum Gasteiger partial charge on any atom is 0.340 e. The highest BCUT2D eigenvalue weighted by atomic mass is 32.2. The van der Waals surface area contributed by atoms with Crippen molar-refractivity contribution in [1.29, 1.82) is 0 Å². The summed E-state index contributed by atoms with van der Waals surface area (Å²) in [5, 5.41) is 0. The van der Waals surface area contributed by atoms with E-state index in [2.05, 4.69) is 0 Å². The van der Waals surface area contributed by atoms with Gasteiger partial charge in [0.05, 0.1) is 12.2 Å². The molecule has 0 amide bonds. The third-order valence-corrected chi connectivity index (χ3v) is 4.71. The van der Waals surface area contributed by atoms with Gasteiger partial charge in [0.2, 0.25) is 0 Å². The highest BCUT2D eigenvalue weighted by Gasteiger charge is 2.16. The number of hydrogen-bond acceptors (Lipinski definition) is 4. The first-order chi connectivity index (χ1) is 9.20. The summed E-state index contributed by atoms with van der Waals surface area (Å²) < 4.78 is 5.01. The van der Waals surface area contributed by atoms with Crippen molar-refractivity contribution in [3.63, 3.8) is 0 Å². The van der Waals surface area contributed by atoms with Crippen LogP contribution in [0.1, 0.15) is 43.0 Å². The molecule has 0 radical (unpaired) electrons. The number of carbonyl (C=O) groups is 1. The fourth-order valence-electron chi connectivity index (χ4n) is 2.40. The molecule has 4 heteroatoms. The van der Waals surface area contributed by atoms with Crippen molar-refractivity contribution in [2.75, 3.05) is 18.1 Å². The van der Waals surface area contributed by atoms with Crippen LogP contribution in [0.2, 0.25) is 0 Å². The highest BCUT2D eigenvalue weighted by molar-refractivity contribution is 7.99. The molecule has 0 aliphatic heterocycles. The number of esters is 1. The molecule has 2 rings (SSSR count). The summed E-state index contributed by atoms with van der Waals surface area (Å²) in [6.45, 7) is 2.17. The second-order valence-electron chi connectivity index (χ2n) is 4.93. The number of benzene rings is 1. The van der Waals surface area contributed by atoms with E-state index in [-0.39, 0.29) is 5.97 Å². The number of carbonyl (C=O) groups excluding carboxylic acids is 1. The maximum atomic E-state index is 11.8. The molecular weight excluding hydrogens is 258 g/mol. The van der Waals surface area contributed by atoms with E-state index in [4.69, 9.17) is 10.5 Å². The number of nitrogens with two attached hydrogens (primary N) is 1. The van der Waals surface area contributed by atoms with Gasteiger partial charge in [-0.05, 0) is 43.9 Å². The Kier molecular flexibility index (Phi) is 5.14. The molecule has 0 spiro atoms. The Balaban J connectivity index is 2.00. The lowest BCUT2D eigenvalue weighted by molar-refractivity contribution is 0.0527. The van der Waals surface area contributed by atoms with Gasteiger partial charge in [-0.15, -0.1) is 11.8 Å². The van der Waals surface area contributed by atoms with Crippen LogP contribution in [0.5, 0.6) is 0 Å². The molecule has 104 valence electrons. The fourth-order valence-corrected chi connectivity index (χ4v) is 3.53. The van der Waals surface area contributed by atoms with Crippen LogP contribution in [0.4, 0.5) is 5.69 Å². The van der Waals surface area contributed by atoms with E-state index in [1.54, 1.807) is 13.0 Å². The summed E-state index contributed by atoms with van der Waals surface area (Å²) in [5.41, 5.74) is 6.80. The van der Waals surface area contributed by atoms with Crippen LogP contribution in [-0.4, -0.2) is 18.3 Å². The zero-order valence-electron chi connectivity index (χ0n) is 11.4. The van der Waals surface area contributed by atoms with Crippen LogP contribution >= 0.6 is 11.8 Å². The quantitative estimate of drug-likeness (QED) is 0.507. The molecule has 1 aromatic rings. The largest absolute Gasteiger partial charge is 0.462 e. The molecule has 0 unspecified atom stereocenters. The van der Waals surface area contributed by atoms with Crippen molar-refractivity contribution in [3.8, 4) is 0 Å². The first kappa shape index (κ1) is 14.3. The van der Waals surface area contributed by atoms with Crippen LogP contribution in [0.15, 0.2) is 23.1 Å². The first-order valence-electron chi connectivity index (χ1n) is 6.90. The van der Waals surface area contributed by atoms with Gasteiger partial charge in [0.1, 0.15) is 0 Å². The van der Waals surface area contributed by atoms with Gasteiger partial charge in [-0.2, -0.15) is 0 Å². The number of rotatable bonds is 5. The topological polar surface area (TPSA) is 52.3 Å². The van der Waals surface area contributed by atoms with Crippen molar-refractivity contribution in [1.82, 2.24) is 0 Å². The van der Waals surface area contributed by atoms with E-state index in [9.17, 15) is 4.79 Å². The molecule has 1 aromatic carbocycles. The number of nitrogen functional groups attached to an aromatic ring is 1. The lowest BCUT2D eigenvalue weighted by Gasteiger charge is -2.10. The molecular formula is C15H21NO2S. The number of ether oxygens (including phenoxy) is 1. The molecule has 0 saturated heterocycles. The van der Waals surface area contributed by atoms with Crippen LogP contribution in [-0.2, 0) is 4.74 Å². The molecule has 1 aliphatic rings. The van der Waals surface area contributed by atoms with E-state index in [1.165, 1.54) is 25.7 Å². The van der Waals surface area contributed by atoms with Crippen molar-refractivity contribution >= 4 is 23.4 Å². The zero-order valence-corrected chi connectivity index (χ0v) is 12.2. The minimum absolute atomic E-state index is 0.330. The van der Waals surface area contributed by atoms with Gasteiger partial charge >= 0.3 is 5.97 Å². The molecule has 1 fully saturated rings. The second-order valence-corrected chi connectivity index (χ2v) is 6.02. The minimum atomic E-state index is -0.330. The summed E-state index contributed by atoms with van der Waals surface area (Å²) in [6, 6.07) is 5.63. The van der Waals surface area contributed by atoms with Gasteiger partial charge in [-0.3, -0.25) is 0 Å². The maximum absolute atomic E-state index is 11.8. The van der Waals surface area contributed by atoms with Crippen LogP contribution in [0, 0.1) is 5.92 Å². The number of thioether (sulfide) groups is 1. The Morgan fingerprint density at radius 1 is 1.42 bits per heavy atom. The van der Waals surface area contributed by atoms with Gasteiger partial charge in [0.15, 0.2) is 0 Å². The van der Waals surface area contributed by atoms with Gasteiger partial charge in [-0.1, -0.05) is 12.8 Å². The zero-order chi connectivity index (χ0) is 13.7. The smallest absolute Gasteiger partial charge is 0.340 e. The van der Waals surface area contributed by atoms with E-state index in [0.29, 0.717) is 17.9 Å². The Morgan fingerprint density at radius 2 is 2.16 bits per heavy atom. The van der Waals surface area contributed by atoms with Crippen molar-refractivity contribution < 1.29 is 9.53 Å². The fraction of sp³-hybridized carbons (Fsp3) is 0.533. The molecule has 1 saturated carbocycles. The average Bonchev–Trinajstić information content (AvgIpc) is 2.91. The highest BCUT2D eigenvalue weighted by Crippen LogP contribution is 2.32. The molecule has 0 aromatic heterocycles. The summed E-state index contributed by atoms with van der Waals surface area (Å²) in [4.78, 5) is 12.9. The average molecular weight is 279 g/mol. The normalized spacial score (nSPS) is 15.6. The Hall–Kier alpha value is -1.16. The standard InChI is InChI=1S/C15H21NO2S/c1-2-18-15(17)13-9-12(7-8-14(13)16)19-10-11-5-3-4-6-11/h7-9,11H,2-6,10,16H2,1H3. The van der Waals surface area contributed by atoms with Crippen LogP contribution < -0.4 is 5.73 Å². The summed E-state index contributed by atoms with van der Waals surface area (Å²) in [7, 11) is 0. The van der Waals surface area contributed by atoms with E-state index < -0.39 is 0 Å². The SMILES string of the molecule is CCOC(=O)c1cc(SCC2CCCC2)ccc1N. The minimum Gasteiger partial charge on any atom is -0.462 e. The van der Waals surface area contributed by atoms with Gasteiger partial charge in [0.25, 0.3) is 0 Å². The number of hydrogen-bond donors (Lipinski definition) is 1. The van der Waals surface area contributed by atoms with Crippen molar-refractivity contribution in [2.45, 2.75) is 37.5 Å². The molecule has 0 atom stereocenters. The van der Waals surface area contributed by atoms with E-state index in [0.717, 1.165) is 16.6 Å². The molecule has 0 heterocycles. The predicted molar refractivity (Wildman–Crippen MR) is 79.5 cm³/mol. The molecule has 19 heavy (non-hydrogen) atoms. The number of anilines is 1. The molecule has 2 N–H and O–H groups in total. The second kappa shape index (κ2) is 6.85. The Morgan fingerprint density at radius 3 is 2.84 bits per heavy atom. The van der Waals surface area contributed by atoms with Gasteiger partial charge in [0, 0.05) is 16.3 Å². The monoisotopic (exact) mass is 279 g/mol.